The maximum atomic E-state index is 12.9. The molecular formula is C25H24N6O3S. The van der Waals surface area contributed by atoms with Crippen molar-refractivity contribution in [3.63, 3.8) is 0 Å². The Balaban J connectivity index is 1.61. The predicted octanol–water partition coefficient (Wildman–Crippen LogP) is 4.76. The van der Waals surface area contributed by atoms with Gasteiger partial charge in [0.15, 0.2) is 11.0 Å². The Hall–Kier alpha value is -3.92. The number of aromatic nitrogens is 4. The van der Waals surface area contributed by atoms with Crippen molar-refractivity contribution in [1.82, 2.24) is 19.7 Å². The van der Waals surface area contributed by atoms with Gasteiger partial charge in [-0.1, -0.05) is 42.1 Å². The first-order chi connectivity index (χ1) is 17.0. The van der Waals surface area contributed by atoms with E-state index in [1.165, 1.54) is 23.4 Å². The number of benzene rings is 2. The number of thioether (sulfide) groups is 1. The number of anilines is 3. The highest BCUT2D eigenvalue weighted by molar-refractivity contribution is 7.98. The Bertz CT molecular complexity index is 1440. The number of rotatable bonds is 5. The van der Waals surface area contributed by atoms with Crippen molar-refractivity contribution in [1.29, 1.82) is 0 Å². The molecule has 4 aromatic rings. The molecule has 0 aliphatic carbocycles. The van der Waals surface area contributed by atoms with Gasteiger partial charge in [0.05, 0.1) is 31.1 Å². The van der Waals surface area contributed by atoms with Gasteiger partial charge in [0.25, 0.3) is 0 Å². The minimum Gasteiger partial charge on any atom is -0.448 e. The average Bonchev–Trinajstić information content (AvgIpc) is 3.45. The molecule has 9 nitrogen and oxygen atoms in total. The highest BCUT2D eigenvalue weighted by atomic mass is 32.2. The van der Waals surface area contributed by atoms with Crippen LogP contribution in [-0.2, 0) is 22.6 Å². The third-order valence-corrected chi connectivity index (χ3v) is 6.40. The summed E-state index contributed by atoms with van der Waals surface area (Å²) < 4.78 is 6.52. The van der Waals surface area contributed by atoms with Crippen LogP contribution < -0.4 is 9.80 Å². The standard InChI is InChI=1S/C25H24N6O3S/c1-4-34-25(33)31-21-15-29(22-11-12-26-24(27-22)35-3)14-20(21)23(28-31)30(16(2)32)19-10-9-17-7-5-6-8-18(17)13-19/h5-13H,4,14-15H2,1-3H3. The number of amides is 1. The van der Waals surface area contributed by atoms with Gasteiger partial charge in [-0.15, -0.1) is 5.10 Å². The Kier molecular flexibility index (Phi) is 6.12. The second-order valence-electron chi connectivity index (χ2n) is 8.00. The molecule has 0 unspecified atom stereocenters. The summed E-state index contributed by atoms with van der Waals surface area (Å²) in [6, 6.07) is 15.6. The summed E-state index contributed by atoms with van der Waals surface area (Å²) >= 11 is 1.46. The molecule has 1 amide bonds. The van der Waals surface area contributed by atoms with Crippen LogP contribution in [0.2, 0.25) is 0 Å². The number of carbonyl (C=O) groups is 2. The van der Waals surface area contributed by atoms with Crippen LogP contribution >= 0.6 is 11.8 Å². The monoisotopic (exact) mass is 488 g/mol. The fraction of sp³-hybridized carbons (Fsp3) is 0.240. The molecule has 0 saturated carbocycles. The molecular weight excluding hydrogens is 464 g/mol. The number of carbonyl (C=O) groups excluding carboxylic acids is 2. The Morgan fingerprint density at radius 1 is 1.11 bits per heavy atom. The zero-order chi connectivity index (χ0) is 24.5. The fourth-order valence-electron chi connectivity index (χ4n) is 4.28. The molecule has 5 rings (SSSR count). The molecule has 178 valence electrons. The van der Waals surface area contributed by atoms with Crippen molar-refractivity contribution in [3.05, 3.63) is 66.0 Å². The summed E-state index contributed by atoms with van der Waals surface area (Å²) in [5.74, 6) is 0.946. The molecule has 1 aliphatic heterocycles. The van der Waals surface area contributed by atoms with Gasteiger partial charge in [0.2, 0.25) is 5.91 Å². The third kappa shape index (κ3) is 4.21. The van der Waals surface area contributed by atoms with E-state index in [0.717, 1.165) is 22.2 Å². The number of hydrogen-bond donors (Lipinski definition) is 0. The van der Waals surface area contributed by atoms with E-state index in [0.29, 0.717) is 35.4 Å². The third-order valence-electron chi connectivity index (χ3n) is 5.84. The first-order valence-corrected chi connectivity index (χ1v) is 12.4. The van der Waals surface area contributed by atoms with Gasteiger partial charge in [-0.25, -0.2) is 14.8 Å². The summed E-state index contributed by atoms with van der Waals surface area (Å²) in [5, 5.41) is 7.31. The molecule has 3 heterocycles. The molecule has 2 aromatic carbocycles. The van der Waals surface area contributed by atoms with E-state index >= 15 is 0 Å². The Morgan fingerprint density at radius 2 is 1.91 bits per heavy atom. The van der Waals surface area contributed by atoms with E-state index in [2.05, 4.69) is 15.1 Å². The number of hydrogen-bond acceptors (Lipinski definition) is 8. The predicted molar refractivity (Wildman–Crippen MR) is 135 cm³/mol. The lowest BCUT2D eigenvalue weighted by Crippen LogP contribution is -2.27. The minimum absolute atomic E-state index is 0.207. The SMILES string of the molecule is CCOC(=O)n1nc(N(C(C)=O)c2ccc3ccccc3c2)c2c1CN(c1ccnc(SC)n1)C2. The highest BCUT2D eigenvalue weighted by Gasteiger charge is 2.35. The van der Waals surface area contributed by atoms with Crippen molar-refractivity contribution < 1.29 is 14.3 Å². The zero-order valence-corrected chi connectivity index (χ0v) is 20.5. The Morgan fingerprint density at radius 3 is 2.66 bits per heavy atom. The second-order valence-corrected chi connectivity index (χ2v) is 8.78. The van der Waals surface area contributed by atoms with Crippen molar-refractivity contribution in [2.45, 2.75) is 32.1 Å². The van der Waals surface area contributed by atoms with Gasteiger partial charge >= 0.3 is 6.09 Å². The van der Waals surface area contributed by atoms with E-state index in [1.807, 2.05) is 59.7 Å². The van der Waals surface area contributed by atoms with E-state index in [-0.39, 0.29) is 12.5 Å². The van der Waals surface area contributed by atoms with Gasteiger partial charge in [0, 0.05) is 18.7 Å². The first kappa shape index (κ1) is 22.9. The molecule has 1 aliphatic rings. The molecule has 35 heavy (non-hydrogen) atoms. The second kappa shape index (κ2) is 9.38. The lowest BCUT2D eigenvalue weighted by Gasteiger charge is -2.22. The van der Waals surface area contributed by atoms with Crippen molar-refractivity contribution in [2.75, 3.05) is 22.7 Å². The molecule has 0 spiro atoms. The van der Waals surface area contributed by atoms with Crippen LogP contribution in [0, 0.1) is 0 Å². The van der Waals surface area contributed by atoms with Crippen LogP contribution in [0.3, 0.4) is 0 Å². The average molecular weight is 489 g/mol. The summed E-state index contributed by atoms with van der Waals surface area (Å²) in [6.45, 7) is 4.29. The van der Waals surface area contributed by atoms with Gasteiger partial charge in [-0.05, 0) is 42.2 Å². The van der Waals surface area contributed by atoms with Crippen LogP contribution in [0.4, 0.5) is 22.1 Å². The first-order valence-electron chi connectivity index (χ1n) is 11.2. The molecule has 10 heteroatoms. The van der Waals surface area contributed by atoms with Crippen LogP contribution in [0.15, 0.2) is 59.9 Å². The van der Waals surface area contributed by atoms with Crippen LogP contribution in [0.1, 0.15) is 25.1 Å². The van der Waals surface area contributed by atoms with Gasteiger partial charge < -0.3 is 9.64 Å². The van der Waals surface area contributed by atoms with E-state index in [4.69, 9.17) is 4.74 Å². The van der Waals surface area contributed by atoms with Crippen molar-refractivity contribution in [3.8, 4) is 0 Å². The Labute approximate surface area is 206 Å². The maximum Gasteiger partial charge on any atom is 0.435 e. The highest BCUT2D eigenvalue weighted by Crippen LogP contribution is 2.37. The fourth-order valence-corrected chi connectivity index (χ4v) is 4.63. The minimum atomic E-state index is -0.577. The lowest BCUT2D eigenvalue weighted by atomic mass is 10.1. The van der Waals surface area contributed by atoms with E-state index in [1.54, 1.807) is 18.0 Å². The normalized spacial score (nSPS) is 12.6. The van der Waals surface area contributed by atoms with Crippen molar-refractivity contribution >= 4 is 51.9 Å². The zero-order valence-electron chi connectivity index (χ0n) is 19.6. The smallest absolute Gasteiger partial charge is 0.435 e. The van der Waals surface area contributed by atoms with Crippen molar-refractivity contribution in [2.24, 2.45) is 0 Å². The molecule has 0 N–H and O–H groups in total. The van der Waals surface area contributed by atoms with Crippen LogP contribution in [-0.4, -0.2) is 44.6 Å². The largest absolute Gasteiger partial charge is 0.448 e. The van der Waals surface area contributed by atoms with Gasteiger partial charge in [-0.3, -0.25) is 9.69 Å². The van der Waals surface area contributed by atoms with E-state index < -0.39 is 6.09 Å². The topological polar surface area (TPSA) is 93.5 Å². The molecule has 0 atom stereocenters. The van der Waals surface area contributed by atoms with Gasteiger partial charge in [0.1, 0.15) is 5.82 Å². The van der Waals surface area contributed by atoms with Crippen LogP contribution in [0.5, 0.6) is 0 Å². The number of nitrogens with zero attached hydrogens (tertiary/aromatic N) is 6. The summed E-state index contributed by atoms with van der Waals surface area (Å²) in [7, 11) is 0. The molecule has 0 saturated heterocycles. The van der Waals surface area contributed by atoms with Crippen LogP contribution in [0.25, 0.3) is 10.8 Å². The molecule has 0 bridgehead atoms. The summed E-state index contributed by atoms with van der Waals surface area (Å²) in [5.41, 5.74) is 2.14. The summed E-state index contributed by atoms with van der Waals surface area (Å²) in [6.07, 6.45) is 3.06. The van der Waals surface area contributed by atoms with Gasteiger partial charge in [-0.2, -0.15) is 4.68 Å². The lowest BCUT2D eigenvalue weighted by molar-refractivity contribution is -0.115. The molecule has 0 radical (unpaired) electrons. The molecule has 2 aromatic heterocycles. The number of fused-ring (bicyclic) bond motifs is 2. The summed E-state index contributed by atoms with van der Waals surface area (Å²) in [4.78, 5) is 38.2. The quantitative estimate of drug-likeness (QED) is 0.293. The van der Waals surface area contributed by atoms with E-state index in [9.17, 15) is 9.59 Å². The maximum absolute atomic E-state index is 12.9. The molecule has 0 fully saturated rings. The number of ether oxygens (including phenoxy) is 1.